The molecule has 3 aliphatic rings. The Morgan fingerprint density at radius 2 is 1.29 bits per heavy atom. The average molecular weight is 1210 g/mol. The minimum atomic E-state index is -6.22. The van der Waals surface area contributed by atoms with Gasteiger partial charge >= 0.3 is 36.8 Å². The average Bonchev–Trinajstić information content (AvgIpc) is 4.23. The van der Waals surface area contributed by atoms with Gasteiger partial charge in [0, 0.05) is 33.5 Å². The number of anilines is 3. The van der Waals surface area contributed by atoms with Gasteiger partial charge in [0.25, 0.3) is 16.7 Å². The van der Waals surface area contributed by atoms with Crippen LogP contribution < -0.4 is 38.0 Å². The van der Waals surface area contributed by atoms with Gasteiger partial charge in [0.1, 0.15) is 48.5 Å². The van der Waals surface area contributed by atoms with E-state index < -0.39 is 148 Å². The van der Waals surface area contributed by atoms with Crippen molar-refractivity contribution in [2.45, 2.75) is 73.9 Å². The number of H-pyrrole nitrogens is 2. The number of hydrogen-bond acceptors (Lipinski definition) is 28. The highest BCUT2D eigenvalue weighted by Gasteiger charge is 2.54. The molecule has 0 bridgehead atoms. The first-order chi connectivity index (χ1) is 37.5. The molecule has 3 fully saturated rings. The number of ether oxygens (including phenoxy) is 4. The molecule has 44 heteroatoms. The number of aliphatic hydroxyl groups excluding tert-OH is 3. The molecular weight excluding hydrogens is 1160 g/mol. The normalized spacial score (nSPS) is 29.2. The number of fused-ring (bicyclic) bond motifs is 3. The lowest BCUT2D eigenvalue weighted by molar-refractivity contribution is -0.646. The van der Waals surface area contributed by atoms with E-state index in [1.165, 1.54) is 52.4 Å². The fourth-order valence-electron chi connectivity index (χ4n) is 9.13. The summed E-state index contributed by atoms with van der Waals surface area (Å²) >= 11 is 0. The highest BCUT2D eigenvalue weighted by Crippen LogP contribution is 2.68. The van der Waals surface area contributed by atoms with Gasteiger partial charge in [0.2, 0.25) is 30.4 Å². The van der Waals surface area contributed by atoms with Gasteiger partial charge in [-0.25, -0.2) is 47.9 Å². The van der Waals surface area contributed by atoms with Gasteiger partial charge in [0.05, 0.1) is 51.7 Å². The molecule has 9 heterocycles. The van der Waals surface area contributed by atoms with Gasteiger partial charge in [-0.1, -0.05) is 0 Å². The highest BCUT2D eigenvalue weighted by molar-refractivity contribution is 7.66. The smallest absolute Gasteiger partial charge is 0.387 e. The fourth-order valence-corrected chi connectivity index (χ4v) is 13.8. The van der Waals surface area contributed by atoms with Crippen LogP contribution in [0.3, 0.4) is 0 Å². The van der Waals surface area contributed by atoms with Crippen molar-refractivity contribution in [3.8, 4) is 0 Å². The first-order valence-electron chi connectivity index (χ1n) is 23.1. The van der Waals surface area contributed by atoms with Gasteiger partial charge in [-0.3, -0.25) is 47.1 Å². The Hall–Kier alpha value is -5.64. The van der Waals surface area contributed by atoms with Gasteiger partial charge in [-0.2, -0.15) is 23.2 Å². The molecule has 0 radical (unpaired) electrons. The fraction of sp³-hybridized carbons (Fsp3) is 0.556. The maximum absolute atomic E-state index is 13.9. The Balaban J connectivity index is 0.879. The molecule has 16 N–H and O–H groups in total. The lowest BCUT2D eigenvalue weighted by atomic mass is 9.94. The maximum Gasteiger partial charge on any atom is 0.490 e. The van der Waals surface area contributed by atoms with E-state index in [2.05, 4.69) is 53.6 Å². The zero-order chi connectivity index (χ0) is 58.1. The van der Waals surface area contributed by atoms with Gasteiger partial charge in [0.15, 0.2) is 35.1 Å². The molecular formula is C36H52N17O23P4+. The lowest BCUT2D eigenvalue weighted by Crippen LogP contribution is -2.45. The number of amides is 1. The van der Waals surface area contributed by atoms with Crippen LogP contribution in [-0.4, -0.2) is 189 Å². The van der Waals surface area contributed by atoms with E-state index in [4.69, 9.17) is 49.7 Å². The Bertz CT molecular complexity index is 3650. The number of phosphoric ester groups is 2. The molecule has 80 heavy (non-hydrogen) atoms. The number of nitrogen functional groups attached to an aromatic ring is 3. The van der Waals surface area contributed by atoms with Crippen molar-refractivity contribution in [1.29, 1.82) is 0 Å². The summed E-state index contributed by atoms with van der Waals surface area (Å²) in [4.78, 5) is 111. The number of aliphatic hydroxyl groups is 3. The zero-order valence-electron chi connectivity index (χ0n) is 41.7. The maximum atomic E-state index is 13.9. The molecule has 0 aromatic carbocycles. The molecule has 438 valence electrons. The topological polar surface area (TPSA) is 565 Å². The van der Waals surface area contributed by atoms with E-state index in [1.807, 2.05) is 0 Å². The van der Waals surface area contributed by atoms with Crippen molar-refractivity contribution in [3.63, 3.8) is 0 Å². The Kier molecular flexibility index (Phi) is 16.4. The molecule has 16 atom stereocenters. The number of aryl methyl sites for hydroxylation is 1. The molecule has 3 saturated heterocycles. The number of nitrogens with two attached hydrogens (primary N) is 3. The second-order valence-corrected chi connectivity index (χ2v) is 24.5. The van der Waals surface area contributed by atoms with E-state index in [9.17, 15) is 67.5 Å². The van der Waals surface area contributed by atoms with E-state index in [0.29, 0.717) is 0 Å². The summed E-state index contributed by atoms with van der Waals surface area (Å²) < 4.78 is 106. The van der Waals surface area contributed by atoms with Gasteiger partial charge in [-0.15, -0.1) is 0 Å². The summed E-state index contributed by atoms with van der Waals surface area (Å²) in [6.07, 6.45) is -11.6. The number of nitrogens with zero attached hydrogens (tertiary/aromatic N) is 11. The monoisotopic (exact) mass is 1210 g/mol. The zero-order valence-corrected chi connectivity index (χ0v) is 45.2. The molecule has 5 unspecified atom stereocenters. The van der Waals surface area contributed by atoms with Crippen LogP contribution in [0.4, 0.5) is 17.7 Å². The highest BCUT2D eigenvalue weighted by atomic mass is 31.3. The number of rotatable bonds is 21. The molecule has 1 amide bonds. The Morgan fingerprint density at radius 3 is 1.94 bits per heavy atom. The molecule has 9 rings (SSSR count). The first-order valence-corrected chi connectivity index (χ1v) is 29.1. The first kappa shape index (κ1) is 59.0. The number of phosphoric acid groups is 3. The minimum Gasteiger partial charge on any atom is -0.387 e. The third kappa shape index (κ3) is 12.0. The minimum absolute atomic E-state index is 0.00584. The number of aromatic nitrogens is 12. The van der Waals surface area contributed by atoms with Crippen molar-refractivity contribution < 1.29 is 104 Å². The number of carbonyl (C=O) groups is 1. The van der Waals surface area contributed by atoms with Crippen LogP contribution in [0.15, 0.2) is 34.9 Å². The largest absolute Gasteiger partial charge is 0.490 e. The third-order valence-corrected chi connectivity index (χ3v) is 18.2. The standard InChI is InChI=1S/C36H51N17O23P4/c1-49(2)17(54)5-13-14(72-32(22(13)55)53-12-50(3)21-29(53)45-36(39)47-31(21)59)6-70-78(62,63)75-80(66,67)76-79(64,65)71-7-15-18(25(68-4)34(73-15)51-10-42-19-26(37)40-9-41-27(19)51)48-77(60,61)69-8-16-23(56)24(57)33(74-16)52-11-43-20-28(52)44-35(38)46-30(20)58/h9-16,18,22-25,32-34,55-57H,5-8H2,1-4H3,(H12-,37,38,39,40,41,44,45,46,47,48,58,59,60,61,62,63,64,65,66,67)/p+1/t13-,14-,15-,16-,18?,22-,23-,24-,25-,32-,33-,34-/m1/s1. The second-order valence-electron chi connectivity index (χ2n) is 18.3. The van der Waals surface area contributed by atoms with E-state index in [0.717, 1.165) is 24.3 Å². The van der Waals surface area contributed by atoms with Crippen molar-refractivity contribution in [3.05, 3.63) is 46.0 Å². The van der Waals surface area contributed by atoms with Crippen LogP contribution in [0, 0.1) is 5.92 Å². The molecule has 3 aliphatic heterocycles. The van der Waals surface area contributed by atoms with Crippen LogP contribution in [0.5, 0.6) is 0 Å². The molecule has 6 aromatic rings. The summed E-state index contributed by atoms with van der Waals surface area (Å²) in [5.41, 5.74) is 15.7. The summed E-state index contributed by atoms with van der Waals surface area (Å²) in [6.45, 7) is -3.19. The molecule has 6 aromatic heterocycles. The van der Waals surface area contributed by atoms with Crippen LogP contribution in [0.2, 0.25) is 0 Å². The second kappa shape index (κ2) is 22.3. The van der Waals surface area contributed by atoms with Gasteiger partial charge in [-0.05, 0) is 0 Å². The summed E-state index contributed by atoms with van der Waals surface area (Å²) in [5, 5.41) is 35.6. The number of methoxy groups -OCH3 is 1. The molecule has 0 spiro atoms. The number of carbonyl (C=O) groups excluding carboxylic acids is 1. The molecule has 40 nitrogen and oxygen atoms in total. The summed E-state index contributed by atoms with van der Waals surface area (Å²) in [6, 6.07) is -1.66. The summed E-state index contributed by atoms with van der Waals surface area (Å²) in [5.74, 6) is -2.47. The molecule has 0 saturated carbocycles. The predicted octanol–water partition coefficient (Wildman–Crippen LogP) is -4.40. The van der Waals surface area contributed by atoms with Crippen LogP contribution in [0.1, 0.15) is 25.1 Å². The van der Waals surface area contributed by atoms with Crippen LogP contribution in [0.25, 0.3) is 33.5 Å². The number of aromatic amines is 2. The molecule has 0 aliphatic carbocycles. The number of imidazole rings is 3. The summed E-state index contributed by atoms with van der Waals surface area (Å²) in [7, 11) is -17.9. The Labute approximate surface area is 445 Å². The lowest BCUT2D eigenvalue weighted by Gasteiger charge is -2.27. The van der Waals surface area contributed by atoms with E-state index >= 15 is 0 Å². The SMILES string of the molecule is CO[C@@H]1C(NP(=O)(O)OC[C@H]2O[C@@H](n3cnc4c(=O)[nH]c(N)nc43)[C@H](O)[C@@H]2O)[C@@H](COP(=O)(O)OP(=O)(O)OP(=O)(O)OC[C@H]2O[C@@H](n3c[n+](C)c4c(=O)[nH]c(N)nc43)[C@H](O)[C@@H]2CC(=O)N(C)C)O[C@H]1n1cnc2c(N)ncnc21. The predicted molar refractivity (Wildman–Crippen MR) is 262 cm³/mol. The van der Waals surface area contributed by atoms with Crippen LogP contribution >= 0.6 is 31.2 Å². The third-order valence-electron chi connectivity index (χ3n) is 12.8. The van der Waals surface area contributed by atoms with Crippen molar-refractivity contribution >= 4 is 88.3 Å². The number of nitrogens with one attached hydrogen (secondary N) is 3. The quantitative estimate of drug-likeness (QED) is 0.0239. The van der Waals surface area contributed by atoms with Gasteiger partial charge < -0.3 is 75.9 Å². The Morgan fingerprint density at radius 1 is 0.725 bits per heavy atom. The van der Waals surface area contributed by atoms with E-state index in [-0.39, 0.29) is 51.2 Å². The number of hydrogen-bond donors (Lipinski definition) is 13. The van der Waals surface area contributed by atoms with Crippen LogP contribution in [-0.2, 0) is 71.2 Å². The van der Waals surface area contributed by atoms with E-state index in [1.54, 1.807) is 0 Å². The van der Waals surface area contributed by atoms with Crippen molar-refractivity contribution in [2.75, 3.05) is 58.2 Å². The van der Waals surface area contributed by atoms with Crippen molar-refractivity contribution in [1.82, 2.24) is 63.6 Å². The van der Waals surface area contributed by atoms with Crippen molar-refractivity contribution in [2.24, 2.45) is 13.0 Å².